The molecule has 3 aromatic heterocycles. The molecule has 0 unspecified atom stereocenters. The predicted octanol–water partition coefficient (Wildman–Crippen LogP) is 13.1. The average molecular weight is 1100 g/mol. The fraction of sp³-hybridized carbons (Fsp3) is 0.380. The summed E-state index contributed by atoms with van der Waals surface area (Å²) in [6.07, 6.45) is 0.912. The van der Waals surface area contributed by atoms with E-state index in [1.54, 1.807) is 12.1 Å². The van der Waals surface area contributed by atoms with Gasteiger partial charge in [-0.05, 0) is 104 Å². The SMILES string of the molecule is CCN(CC)c1ccc(/N=N/c2sc3c(c2S(=O)(=O)O)CC(C)(C)CC3=O)c(Nc2nc(Nc3cc(N(CC)CC)ccc3/N=N/c3sc4c(c3S(=O)(=O)O)CC(C)(C)CC4=O)nc(SCc3ccccc3)n2)c1. The molecule has 0 saturated heterocycles. The van der Waals surface area contributed by atoms with Gasteiger partial charge >= 0.3 is 0 Å². The van der Waals surface area contributed by atoms with E-state index in [1.807, 2.05) is 110 Å². The molecule has 3 heterocycles. The number of azo groups is 2. The number of hydrogen-bond donors (Lipinski definition) is 4. The Morgan fingerprint density at radius 2 is 1.03 bits per heavy atom. The summed E-state index contributed by atoms with van der Waals surface area (Å²) in [5, 5.41) is 24.5. The maximum atomic E-state index is 13.2. The third kappa shape index (κ3) is 12.2. The van der Waals surface area contributed by atoms with Crippen LogP contribution in [0.1, 0.15) is 104 Å². The molecule has 4 N–H and O–H groups in total. The highest BCUT2D eigenvalue weighted by Gasteiger charge is 2.40. The van der Waals surface area contributed by atoms with Gasteiger partial charge in [-0.3, -0.25) is 18.7 Å². The number of rotatable bonds is 19. The van der Waals surface area contributed by atoms with Crippen molar-refractivity contribution >= 4 is 122 Å². The van der Waals surface area contributed by atoms with E-state index in [0.717, 1.165) is 39.6 Å². The summed E-state index contributed by atoms with van der Waals surface area (Å²) < 4.78 is 72.6. The van der Waals surface area contributed by atoms with Crippen molar-refractivity contribution in [2.45, 2.75) is 102 Å². The van der Waals surface area contributed by atoms with Crippen molar-refractivity contribution in [1.82, 2.24) is 15.0 Å². The lowest BCUT2D eigenvalue weighted by molar-refractivity contribution is 0.0907. The molecule has 0 amide bonds. The van der Waals surface area contributed by atoms with Gasteiger partial charge in [0.25, 0.3) is 20.2 Å². The van der Waals surface area contributed by atoms with Crippen LogP contribution in [0.15, 0.2) is 102 Å². The summed E-state index contributed by atoms with van der Waals surface area (Å²) in [6.45, 7) is 18.2. The van der Waals surface area contributed by atoms with Gasteiger partial charge in [0.1, 0.15) is 21.2 Å². The van der Waals surface area contributed by atoms with Crippen molar-refractivity contribution in [2.24, 2.45) is 31.3 Å². The predicted molar refractivity (Wildman–Crippen MR) is 292 cm³/mol. The monoisotopic (exact) mass is 1100 g/mol. The number of fused-ring (bicyclic) bond motifs is 2. The van der Waals surface area contributed by atoms with Crippen LogP contribution in [-0.4, -0.2) is 78.6 Å². The summed E-state index contributed by atoms with van der Waals surface area (Å²) in [5.41, 5.74) is 3.33. The summed E-state index contributed by atoms with van der Waals surface area (Å²) in [7, 11) is -9.63. The molecule has 0 radical (unpaired) electrons. The molecule has 2 aliphatic carbocycles. The highest BCUT2D eigenvalue weighted by molar-refractivity contribution is 7.98. The Balaban J connectivity index is 1.23. The number of aromatic nitrogens is 3. The minimum atomic E-state index is -4.82. The minimum Gasteiger partial charge on any atom is -0.372 e. The number of ketones is 2. The van der Waals surface area contributed by atoms with Crippen molar-refractivity contribution in [3.05, 3.63) is 93.2 Å². The molecule has 6 aromatic rings. The Kier molecular flexibility index (Phi) is 15.9. The zero-order valence-corrected chi connectivity index (χ0v) is 46.2. The smallest absolute Gasteiger partial charge is 0.297 e. The van der Waals surface area contributed by atoms with Crippen molar-refractivity contribution in [3.8, 4) is 0 Å². The number of Topliss-reactive ketones (excluding diaryl/α,β-unsaturated/α-hetero) is 2. The lowest BCUT2D eigenvalue weighted by atomic mass is 9.76. The Morgan fingerprint density at radius 1 is 0.608 bits per heavy atom. The van der Waals surface area contributed by atoms with Gasteiger partial charge in [0.2, 0.25) is 11.9 Å². The number of thioether (sulfide) groups is 1. The maximum absolute atomic E-state index is 13.2. The molecule has 24 heteroatoms. The number of carbonyl (C=O) groups excluding carboxylic acids is 2. The molecule has 0 atom stereocenters. The van der Waals surface area contributed by atoms with E-state index in [-0.39, 0.29) is 91.4 Å². The second kappa shape index (κ2) is 21.7. The molecule has 390 valence electrons. The highest BCUT2D eigenvalue weighted by Crippen LogP contribution is 2.49. The number of thiophene rings is 2. The van der Waals surface area contributed by atoms with Gasteiger partial charge in [0.15, 0.2) is 26.7 Å². The van der Waals surface area contributed by atoms with Crippen LogP contribution in [0.2, 0.25) is 0 Å². The van der Waals surface area contributed by atoms with Crippen molar-refractivity contribution in [2.75, 3.05) is 46.6 Å². The highest BCUT2D eigenvalue weighted by atomic mass is 32.2. The zero-order valence-electron chi connectivity index (χ0n) is 42.1. The van der Waals surface area contributed by atoms with Crippen molar-refractivity contribution < 1.29 is 35.5 Å². The van der Waals surface area contributed by atoms with Gasteiger partial charge < -0.3 is 20.4 Å². The van der Waals surface area contributed by atoms with E-state index in [4.69, 9.17) is 15.0 Å². The topological polar surface area (TPSA) is 262 Å². The summed E-state index contributed by atoms with van der Waals surface area (Å²) >= 11 is 3.11. The maximum Gasteiger partial charge on any atom is 0.297 e. The molecule has 8 rings (SSSR count). The van der Waals surface area contributed by atoms with Crippen LogP contribution in [0.5, 0.6) is 0 Å². The normalized spacial score (nSPS) is 15.4. The first kappa shape index (κ1) is 54.2. The first-order chi connectivity index (χ1) is 35.0. The Hall–Kier alpha value is -6.02. The number of hydrogen-bond acceptors (Lipinski definition) is 20. The molecule has 74 heavy (non-hydrogen) atoms. The molecular weight excluding hydrogens is 1040 g/mol. The van der Waals surface area contributed by atoms with Gasteiger partial charge in [-0.1, -0.05) is 69.8 Å². The third-order valence-electron chi connectivity index (χ3n) is 12.5. The van der Waals surface area contributed by atoms with Crippen LogP contribution in [0.3, 0.4) is 0 Å². The van der Waals surface area contributed by atoms with Crippen molar-refractivity contribution in [1.29, 1.82) is 0 Å². The van der Waals surface area contributed by atoms with E-state index in [9.17, 15) is 35.5 Å². The first-order valence-electron chi connectivity index (χ1n) is 23.9. The largest absolute Gasteiger partial charge is 0.372 e. The minimum absolute atomic E-state index is 0.0851. The molecular formula is C50H57N11O8S5. The molecule has 19 nitrogen and oxygen atoms in total. The first-order valence-corrected chi connectivity index (χ1v) is 29.4. The summed E-state index contributed by atoms with van der Waals surface area (Å²) in [6, 6.07) is 20.6. The summed E-state index contributed by atoms with van der Waals surface area (Å²) in [4.78, 5) is 44.8. The molecule has 2 aliphatic rings. The number of nitrogens with zero attached hydrogens (tertiary/aromatic N) is 9. The van der Waals surface area contributed by atoms with Crippen LogP contribution in [0.25, 0.3) is 0 Å². The average Bonchev–Trinajstić information content (AvgIpc) is 3.89. The second-order valence-electron chi connectivity index (χ2n) is 19.4. The number of nitrogens with one attached hydrogen (secondary N) is 2. The van der Waals surface area contributed by atoms with E-state index in [2.05, 4.69) is 40.9 Å². The standard InChI is InChI=1S/C50H57N11O8S5/c1-9-60(10-2)30-18-20-34(56-58-44-42(73(64,65)66)32-24-49(5,6)26-38(62)40(32)71-44)36(22-30)51-46-53-47(55-48(54-46)70-28-29-16-14-13-15-17-29)52-37-23-31(61(11-3)12-4)19-21-35(37)57-59-45-43(74(67,68)69)33-25-50(7,8)27-39(63)41(33)72-45/h13-23H,9-12,24-28H2,1-8H3,(H,64,65,66)(H,67,68,69)(H2,51,52,53,54,55)/b58-56+,59-57+. The van der Waals surface area contributed by atoms with Crippen LogP contribution in [0, 0.1) is 10.8 Å². The quantitative estimate of drug-likeness (QED) is 0.0334. The lowest BCUT2D eigenvalue weighted by Crippen LogP contribution is -2.26. The van der Waals surface area contributed by atoms with Gasteiger partial charge in [-0.15, -0.1) is 43.1 Å². The Labute approximate surface area is 443 Å². The summed E-state index contributed by atoms with van der Waals surface area (Å²) in [5.74, 6) is 0.202. The third-order valence-corrected chi connectivity index (χ3v) is 17.9. The number of carbonyl (C=O) groups is 2. The Bertz CT molecular complexity index is 3220. The number of anilines is 6. The zero-order chi connectivity index (χ0) is 53.3. The van der Waals surface area contributed by atoms with Crippen LogP contribution in [0.4, 0.5) is 56.0 Å². The Morgan fingerprint density at radius 3 is 1.42 bits per heavy atom. The van der Waals surface area contributed by atoms with Gasteiger partial charge in [-0.25, -0.2) is 0 Å². The number of benzene rings is 3. The van der Waals surface area contributed by atoms with Crippen LogP contribution >= 0.6 is 34.4 Å². The lowest BCUT2D eigenvalue weighted by Gasteiger charge is -2.28. The van der Waals surface area contributed by atoms with Gasteiger partial charge in [0.05, 0.1) is 21.1 Å². The van der Waals surface area contributed by atoms with Gasteiger partial charge in [0, 0.05) is 56.1 Å². The van der Waals surface area contributed by atoms with Gasteiger partial charge in [-0.2, -0.15) is 31.8 Å². The van der Waals surface area contributed by atoms with E-state index in [0.29, 0.717) is 48.5 Å². The molecule has 0 aliphatic heterocycles. The van der Waals surface area contributed by atoms with E-state index >= 15 is 0 Å². The van der Waals surface area contributed by atoms with Crippen LogP contribution in [-0.2, 0) is 38.8 Å². The van der Waals surface area contributed by atoms with Crippen LogP contribution < -0.4 is 20.4 Å². The molecule has 3 aromatic carbocycles. The molecule has 0 fully saturated rings. The van der Waals surface area contributed by atoms with E-state index < -0.39 is 40.9 Å². The molecule has 0 saturated carbocycles. The molecule has 0 bridgehead atoms. The second-order valence-corrected chi connectivity index (χ2v) is 25.0. The van der Waals surface area contributed by atoms with E-state index in [1.165, 1.54) is 11.8 Å². The van der Waals surface area contributed by atoms with Crippen molar-refractivity contribution in [3.63, 3.8) is 0 Å². The fourth-order valence-electron chi connectivity index (χ4n) is 9.11. The molecule has 0 spiro atoms. The fourth-order valence-corrected chi connectivity index (χ4v) is 14.4.